The van der Waals surface area contributed by atoms with Gasteiger partial charge in [0.05, 0.1) is 6.61 Å². The Morgan fingerprint density at radius 1 is 1.10 bits per heavy atom. The van der Waals surface area contributed by atoms with Crippen LogP contribution in [0.25, 0.3) is 0 Å². The highest BCUT2D eigenvalue weighted by Crippen LogP contribution is 2.35. The number of amides is 1. The lowest BCUT2D eigenvalue weighted by Gasteiger charge is -2.34. The molecule has 156 valence electrons. The third-order valence-corrected chi connectivity index (χ3v) is 6.77. The van der Waals surface area contributed by atoms with Crippen molar-refractivity contribution in [2.45, 2.75) is 57.9 Å². The van der Waals surface area contributed by atoms with Crippen LogP contribution in [0, 0.1) is 0 Å². The quantitative estimate of drug-likeness (QED) is 0.533. The molecule has 3 rings (SSSR count). The smallest absolute Gasteiger partial charge is 0.407 e. The minimum Gasteiger partial charge on any atom is -0.450 e. The van der Waals surface area contributed by atoms with Gasteiger partial charge in [-0.05, 0) is 72.8 Å². The lowest BCUT2D eigenvalue weighted by molar-refractivity contribution is 0.144. The Hall–Kier alpha value is -1.94. The van der Waals surface area contributed by atoms with E-state index in [0.717, 1.165) is 25.7 Å². The first-order chi connectivity index (χ1) is 14.2. The van der Waals surface area contributed by atoms with Crippen LogP contribution < -0.4 is 5.32 Å². The normalized spacial score (nSPS) is 18.1. The number of nitrogens with one attached hydrogen (secondary N) is 1. The Kier molecular flexibility index (Phi) is 8.48. The van der Waals surface area contributed by atoms with Gasteiger partial charge in [-0.25, -0.2) is 4.79 Å². The summed E-state index contributed by atoms with van der Waals surface area (Å²) in [5.74, 6) is 2.67. The highest BCUT2D eigenvalue weighted by atomic mass is 32.2. The summed E-state index contributed by atoms with van der Waals surface area (Å²) in [6.45, 7) is 4.48. The minimum absolute atomic E-state index is 0.103. The molecule has 0 aliphatic heterocycles. The zero-order chi connectivity index (χ0) is 20.5. The highest BCUT2D eigenvalue weighted by Gasteiger charge is 2.31. The van der Waals surface area contributed by atoms with E-state index in [9.17, 15) is 4.79 Å². The molecule has 0 radical (unpaired) electrons. The van der Waals surface area contributed by atoms with Crippen molar-refractivity contribution in [1.29, 1.82) is 0 Å². The van der Waals surface area contributed by atoms with E-state index < -0.39 is 0 Å². The zero-order valence-electron chi connectivity index (χ0n) is 17.7. The van der Waals surface area contributed by atoms with Crippen molar-refractivity contribution < 1.29 is 9.53 Å². The number of rotatable bonds is 9. The Balaban J connectivity index is 1.82. The van der Waals surface area contributed by atoms with Gasteiger partial charge in [0.2, 0.25) is 0 Å². The molecular formula is C25H33NO2S. The molecule has 2 atom stereocenters. The molecule has 0 fully saturated rings. The van der Waals surface area contributed by atoms with Crippen LogP contribution in [0.4, 0.5) is 4.79 Å². The molecule has 0 bridgehead atoms. The van der Waals surface area contributed by atoms with Gasteiger partial charge < -0.3 is 10.1 Å². The number of hydrogen-bond donors (Lipinski definition) is 1. The van der Waals surface area contributed by atoms with Crippen LogP contribution in [0.2, 0.25) is 0 Å². The molecule has 1 amide bonds. The van der Waals surface area contributed by atoms with Crippen molar-refractivity contribution in [2.24, 2.45) is 0 Å². The number of hydrogen-bond acceptors (Lipinski definition) is 3. The predicted octanol–water partition coefficient (Wildman–Crippen LogP) is 5.76. The van der Waals surface area contributed by atoms with Gasteiger partial charge in [-0.15, -0.1) is 0 Å². The van der Waals surface area contributed by atoms with Crippen LogP contribution in [0.15, 0.2) is 48.5 Å². The molecule has 1 aliphatic carbocycles. The lowest BCUT2D eigenvalue weighted by Crippen LogP contribution is -2.43. The molecule has 0 aromatic heterocycles. The number of aryl methyl sites for hydroxylation is 2. The van der Waals surface area contributed by atoms with E-state index in [1.807, 2.05) is 18.7 Å². The standard InChI is InChI=1S/C25H33NO2S/c1-3-15-29-16-14-20-10-11-21-12-13-24(26-25(27)28-4-2)23(22(21)17-20)18-19-8-6-5-7-9-19/h5-11,17,23-24H,3-4,12-16,18H2,1-2H3,(H,26,27). The lowest BCUT2D eigenvalue weighted by atomic mass is 9.75. The summed E-state index contributed by atoms with van der Waals surface area (Å²) < 4.78 is 5.18. The van der Waals surface area contributed by atoms with E-state index >= 15 is 0 Å². The summed E-state index contributed by atoms with van der Waals surface area (Å²) in [6, 6.07) is 17.7. The molecule has 1 aliphatic rings. The minimum atomic E-state index is -0.300. The number of thioether (sulfide) groups is 1. The fourth-order valence-electron chi connectivity index (χ4n) is 4.16. The second kappa shape index (κ2) is 11.3. The van der Waals surface area contributed by atoms with Gasteiger partial charge in [-0.2, -0.15) is 11.8 Å². The second-order valence-electron chi connectivity index (χ2n) is 7.70. The van der Waals surface area contributed by atoms with Gasteiger partial charge in [0.25, 0.3) is 0 Å². The van der Waals surface area contributed by atoms with Gasteiger partial charge in [0.15, 0.2) is 0 Å². The summed E-state index contributed by atoms with van der Waals surface area (Å²) in [6.07, 6.45) is 4.92. The summed E-state index contributed by atoms with van der Waals surface area (Å²) >= 11 is 2.03. The van der Waals surface area contributed by atoms with Crippen LogP contribution in [-0.4, -0.2) is 30.2 Å². The van der Waals surface area contributed by atoms with Crippen molar-refractivity contribution in [3.63, 3.8) is 0 Å². The molecule has 2 aromatic carbocycles. The monoisotopic (exact) mass is 411 g/mol. The number of ether oxygens (including phenoxy) is 1. The Bertz CT molecular complexity index is 778. The van der Waals surface area contributed by atoms with Crippen LogP contribution in [-0.2, 0) is 24.0 Å². The van der Waals surface area contributed by atoms with Crippen LogP contribution >= 0.6 is 11.8 Å². The largest absolute Gasteiger partial charge is 0.450 e. The van der Waals surface area contributed by atoms with E-state index in [0.29, 0.717) is 6.61 Å². The van der Waals surface area contributed by atoms with Crippen LogP contribution in [0.5, 0.6) is 0 Å². The van der Waals surface area contributed by atoms with Crippen molar-refractivity contribution >= 4 is 17.9 Å². The predicted molar refractivity (Wildman–Crippen MR) is 123 cm³/mol. The second-order valence-corrected chi connectivity index (χ2v) is 8.93. The van der Waals surface area contributed by atoms with E-state index in [-0.39, 0.29) is 18.1 Å². The summed E-state index contributed by atoms with van der Waals surface area (Å²) in [5, 5.41) is 3.15. The molecule has 29 heavy (non-hydrogen) atoms. The number of carbonyl (C=O) groups is 1. The first-order valence-corrected chi connectivity index (χ1v) is 12.0. The number of alkyl carbamates (subject to hydrolysis) is 1. The average Bonchev–Trinajstić information content (AvgIpc) is 2.74. The Labute approximate surface area is 179 Å². The molecule has 3 nitrogen and oxygen atoms in total. The molecule has 2 aromatic rings. The van der Waals surface area contributed by atoms with Crippen molar-refractivity contribution in [2.75, 3.05) is 18.1 Å². The Morgan fingerprint density at radius 2 is 1.93 bits per heavy atom. The SMILES string of the molecule is CCCSCCc1ccc2c(c1)C(Cc1ccccc1)C(NC(=O)OCC)CC2. The van der Waals surface area contributed by atoms with E-state index in [1.165, 1.54) is 40.2 Å². The van der Waals surface area contributed by atoms with Crippen molar-refractivity contribution in [3.05, 3.63) is 70.8 Å². The molecule has 0 heterocycles. The van der Waals surface area contributed by atoms with Gasteiger partial charge in [-0.1, -0.05) is 55.5 Å². The van der Waals surface area contributed by atoms with Gasteiger partial charge >= 0.3 is 6.09 Å². The first-order valence-electron chi connectivity index (χ1n) is 10.9. The molecule has 0 saturated heterocycles. The highest BCUT2D eigenvalue weighted by molar-refractivity contribution is 7.99. The van der Waals surface area contributed by atoms with E-state index in [2.05, 4.69) is 60.8 Å². The van der Waals surface area contributed by atoms with Crippen LogP contribution in [0.3, 0.4) is 0 Å². The number of fused-ring (bicyclic) bond motifs is 1. The van der Waals surface area contributed by atoms with Gasteiger partial charge in [0, 0.05) is 12.0 Å². The topological polar surface area (TPSA) is 38.3 Å². The maximum absolute atomic E-state index is 12.2. The molecule has 4 heteroatoms. The zero-order valence-corrected chi connectivity index (χ0v) is 18.5. The molecule has 0 spiro atoms. The molecule has 0 saturated carbocycles. The number of benzene rings is 2. The van der Waals surface area contributed by atoms with E-state index in [4.69, 9.17) is 4.74 Å². The third kappa shape index (κ3) is 6.27. The average molecular weight is 412 g/mol. The first kappa shape index (κ1) is 21.8. The summed E-state index contributed by atoms with van der Waals surface area (Å²) in [7, 11) is 0. The van der Waals surface area contributed by atoms with Crippen molar-refractivity contribution in [3.8, 4) is 0 Å². The number of carbonyl (C=O) groups excluding carboxylic acids is 1. The summed E-state index contributed by atoms with van der Waals surface area (Å²) in [4.78, 5) is 12.2. The Morgan fingerprint density at radius 3 is 2.69 bits per heavy atom. The van der Waals surface area contributed by atoms with Crippen molar-refractivity contribution in [1.82, 2.24) is 5.32 Å². The third-order valence-electron chi connectivity index (χ3n) is 5.58. The molecule has 1 N–H and O–H groups in total. The maximum Gasteiger partial charge on any atom is 0.407 e. The molecule has 2 unspecified atom stereocenters. The summed E-state index contributed by atoms with van der Waals surface area (Å²) in [5.41, 5.74) is 5.55. The molecular weight excluding hydrogens is 378 g/mol. The fraction of sp³-hybridized carbons (Fsp3) is 0.480. The van der Waals surface area contributed by atoms with Gasteiger partial charge in [-0.3, -0.25) is 0 Å². The van der Waals surface area contributed by atoms with Gasteiger partial charge in [0.1, 0.15) is 0 Å². The maximum atomic E-state index is 12.2. The fourth-order valence-corrected chi connectivity index (χ4v) is 5.03. The van der Waals surface area contributed by atoms with Crippen LogP contribution in [0.1, 0.15) is 54.9 Å². The van der Waals surface area contributed by atoms with E-state index in [1.54, 1.807) is 0 Å².